The van der Waals surface area contributed by atoms with Crippen molar-refractivity contribution in [1.29, 1.82) is 0 Å². The van der Waals surface area contributed by atoms with Gasteiger partial charge in [-0.05, 0) is 72.7 Å². The second-order valence-electron chi connectivity index (χ2n) is 15.9. The number of rotatable bonds is 17. The number of nitrogens with one attached hydrogen (secondary N) is 4. The van der Waals surface area contributed by atoms with E-state index in [4.69, 9.17) is 5.73 Å². The number of benzene rings is 3. The minimum atomic E-state index is -0.885. The summed E-state index contributed by atoms with van der Waals surface area (Å²) in [6, 6.07) is 19.8. The number of nitrogens with zero attached hydrogens (tertiary/aromatic N) is 2. The Kier molecular flexibility index (Phi) is 15.2. The number of amides is 5. The summed E-state index contributed by atoms with van der Waals surface area (Å²) in [5.41, 5.74) is 12.0. The molecule has 5 rings (SSSR count). The van der Waals surface area contributed by atoms with Gasteiger partial charge < -0.3 is 37.0 Å². The maximum absolute atomic E-state index is 13.9. The third-order valence-corrected chi connectivity index (χ3v) is 11.1. The molecule has 7 N–H and O–H groups in total. The SMILES string of the molecule is Cc1ncsc1-c1ccc(CNC(=O)[C@@H]2C[C@@H](O)CN2C(=O)[C@@H](NC(=O)CCCCCCCC(=O)Nc2ccc(C(=O)Nc3ccccc3N)cc2)C(C)(C)C)cc1. The lowest BCUT2D eigenvalue weighted by atomic mass is 9.85. The lowest BCUT2D eigenvalue weighted by Crippen LogP contribution is -2.57. The van der Waals surface area contributed by atoms with Gasteiger partial charge in [-0.1, -0.05) is 76.4 Å². The van der Waals surface area contributed by atoms with Gasteiger partial charge in [0.05, 0.1) is 33.6 Å². The number of thiazole rings is 1. The predicted octanol–water partition coefficient (Wildman–Crippen LogP) is 6.43. The monoisotopic (exact) mass is 809 g/mol. The standard InChI is InChI=1S/C44H55N7O6S/c1-28-39(58-27-47-28)30-18-16-29(17-19-30)25-46-42(56)36-24-33(52)26-51(36)43(57)40(44(2,3)4)50-38(54)15-9-7-5-6-8-14-37(53)48-32-22-20-31(21-23-32)41(55)49-35-13-11-10-12-34(35)45/h10-13,16-23,27,33,36,40,52H,5-9,14-15,24-26,45H2,1-4H3,(H,46,56)(H,48,53)(H,49,55)(H,50,54)/t33-,36+,40-/m1/s1. The van der Waals surface area contributed by atoms with Gasteiger partial charge in [0, 0.05) is 43.6 Å². The Bertz CT molecular complexity index is 2040. The summed E-state index contributed by atoms with van der Waals surface area (Å²) < 4.78 is 0. The van der Waals surface area contributed by atoms with Gasteiger partial charge in [0.25, 0.3) is 5.91 Å². The molecule has 4 aromatic rings. The zero-order valence-electron chi connectivity index (χ0n) is 33.7. The minimum absolute atomic E-state index is 0.0107. The number of para-hydroxylation sites is 2. The normalized spacial score (nSPS) is 15.7. The first kappa shape index (κ1) is 43.5. The number of hydrogen-bond acceptors (Lipinski definition) is 9. The number of aryl methyl sites for hydroxylation is 1. The van der Waals surface area contributed by atoms with Crippen molar-refractivity contribution >= 4 is 57.9 Å². The third kappa shape index (κ3) is 12.2. The van der Waals surface area contributed by atoms with Crippen molar-refractivity contribution in [3.8, 4) is 10.4 Å². The van der Waals surface area contributed by atoms with Crippen molar-refractivity contribution in [3.63, 3.8) is 0 Å². The molecule has 0 unspecified atom stereocenters. The second-order valence-corrected chi connectivity index (χ2v) is 16.7. The second kappa shape index (κ2) is 20.2. The zero-order chi connectivity index (χ0) is 41.8. The van der Waals surface area contributed by atoms with E-state index in [1.807, 2.05) is 57.5 Å². The average molecular weight is 810 g/mol. The van der Waals surface area contributed by atoms with Crippen LogP contribution in [0.25, 0.3) is 10.4 Å². The largest absolute Gasteiger partial charge is 0.397 e. The fraction of sp³-hybridized carbons (Fsp3) is 0.409. The molecular weight excluding hydrogens is 755 g/mol. The predicted molar refractivity (Wildman–Crippen MR) is 228 cm³/mol. The number of carbonyl (C=O) groups excluding carboxylic acids is 5. The smallest absolute Gasteiger partial charge is 0.255 e. The molecule has 0 radical (unpaired) electrons. The zero-order valence-corrected chi connectivity index (χ0v) is 34.5. The van der Waals surface area contributed by atoms with E-state index in [0.717, 1.165) is 41.0 Å². The summed E-state index contributed by atoms with van der Waals surface area (Å²) in [5, 5.41) is 22.0. The Balaban J connectivity index is 1.00. The first-order valence-electron chi connectivity index (χ1n) is 19.8. The van der Waals surface area contributed by atoms with Gasteiger partial charge in [-0.15, -0.1) is 11.3 Å². The molecule has 13 nitrogen and oxygen atoms in total. The Morgan fingerprint density at radius 2 is 1.53 bits per heavy atom. The van der Waals surface area contributed by atoms with E-state index in [1.165, 1.54) is 4.90 Å². The van der Waals surface area contributed by atoms with Crippen molar-refractivity contribution in [2.45, 2.75) is 104 Å². The van der Waals surface area contributed by atoms with Gasteiger partial charge in [-0.2, -0.15) is 0 Å². The number of hydrogen-bond donors (Lipinski definition) is 6. The molecule has 0 bridgehead atoms. The van der Waals surface area contributed by atoms with Crippen LogP contribution in [0.4, 0.5) is 17.1 Å². The molecule has 0 aliphatic carbocycles. The Morgan fingerprint density at radius 3 is 2.17 bits per heavy atom. The molecule has 0 spiro atoms. The van der Waals surface area contributed by atoms with Crippen LogP contribution in [-0.4, -0.2) is 69.3 Å². The summed E-state index contributed by atoms with van der Waals surface area (Å²) in [5.74, 6) is -1.42. The number of aliphatic hydroxyl groups excluding tert-OH is 1. The molecule has 1 aromatic heterocycles. The van der Waals surface area contributed by atoms with Crippen LogP contribution in [0.15, 0.2) is 78.3 Å². The highest BCUT2D eigenvalue weighted by molar-refractivity contribution is 7.13. The molecule has 1 fully saturated rings. The van der Waals surface area contributed by atoms with Crippen LogP contribution in [0.5, 0.6) is 0 Å². The van der Waals surface area contributed by atoms with Crippen LogP contribution in [0.2, 0.25) is 0 Å². The number of likely N-dealkylation sites (tertiary alicyclic amines) is 1. The number of carbonyl (C=O) groups is 5. The molecule has 3 atom stereocenters. The molecule has 58 heavy (non-hydrogen) atoms. The lowest BCUT2D eigenvalue weighted by molar-refractivity contribution is -0.144. The van der Waals surface area contributed by atoms with Crippen molar-refractivity contribution in [2.24, 2.45) is 5.41 Å². The Hall–Kier alpha value is -5.60. The first-order valence-corrected chi connectivity index (χ1v) is 20.7. The van der Waals surface area contributed by atoms with Gasteiger partial charge in [-0.3, -0.25) is 24.0 Å². The van der Waals surface area contributed by atoms with Crippen LogP contribution in [-0.2, 0) is 25.7 Å². The van der Waals surface area contributed by atoms with Crippen LogP contribution in [0.3, 0.4) is 0 Å². The lowest BCUT2D eigenvalue weighted by Gasteiger charge is -2.35. The fourth-order valence-electron chi connectivity index (χ4n) is 6.85. The summed E-state index contributed by atoms with van der Waals surface area (Å²) in [7, 11) is 0. The molecule has 1 aliphatic heterocycles. The summed E-state index contributed by atoms with van der Waals surface area (Å²) in [6.45, 7) is 7.84. The molecular formula is C44H55N7O6S. The Morgan fingerprint density at radius 1 is 0.879 bits per heavy atom. The van der Waals surface area contributed by atoms with Gasteiger partial charge >= 0.3 is 0 Å². The number of nitrogen functional groups attached to an aromatic ring is 1. The first-order chi connectivity index (χ1) is 27.7. The molecule has 14 heteroatoms. The van der Waals surface area contributed by atoms with E-state index in [1.54, 1.807) is 59.9 Å². The third-order valence-electron chi connectivity index (χ3n) is 10.2. The van der Waals surface area contributed by atoms with Gasteiger partial charge in [0.2, 0.25) is 23.6 Å². The van der Waals surface area contributed by atoms with Crippen LogP contribution < -0.4 is 27.0 Å². The van der Waals surface area contributed by atoms with Crippen molar-refractivity contribution in [2.75, 3.05) is 22.9 Å². The minimum Gasteiger partial charge on any atom is -0.397 e. The summed E-state index contributed by atoms with van der Waals surface area (Å²) in [6.07, 6.45) is 3.61. The van der Waals surface area contributed by atoms with E-state index < -0.39 is 29.5 Å². The highest BCUT2D eigenvalue weighted by Gasteiger charge is 2.44. The summed E-state index contributed by atoms with van der Waals surface area (Å²) >= 11 is 1.57. The molecule has 1 saturated heterocycles. The van der Waals surface area contributed by atoms with Crippen molar-refractivity contribution in [1.82, 2.24) is 20.5 Å². The maximum atomic E-state index is 13.9. The number of aromatic nitrogens is 1. The number of β-amino-alcohol motifs (C(OH)–C–C–N with tert-alkyl or cyclic N) is 1. The Labute approximate surface area is 344 Å². The maximum Gasteiger partial charge on any atom is 0.255 e. The van der Waals surface area contributed by atoms with Crippen LogP contribution in [0.1, 0.15) is 93.8 Å². The van der Waals surface area contributed by atoms with E-state index in [-0.39, 0.29) is 49.6 Å². The fourth-order valence-corrected chi connectivity index (χ4v) is 7.66. The van der Waals surface area contributed by atoms with Crippen LogP contribution in [0, 0.1) is 12.3 Å². The topological polar surface area (TPSA) is 196 Å². The van der Waals surface area contributed by atoms with E-state index in [2.05, 4.69) is 26.3 Å². The molecule has 308 valence electrons. The number of unbranched alkanes of at least 4 members (excludes halogenated alkanes) is 4. The molecule has 5 amide bonds. The number of aliphatic hydroxyl groups is 1. The molecule has 2 heterocycles. The quantitative estimate of drug-likeness (QED) is 0.0518. The van der Waals surface area contributed by atoms with Gasteiger partial charge in [-0.25, -0.2) is 4.98 Å². The van der Waals surface area contributed by atoms with E-state index in [9.17, 15) is 29.1 Å². The van der Waals surface area contributed by atoms with Gasteiger partial charge in [0.1, 0.15) is 12.1 Å². The molecule has 3 aromatic carbocycles. The molecule has 0 saturated carbocycles. The van der Waals surface area contributed by atoms with Crippen LogP contribution >= 0.6 is 11.3 Å². The van der Waals surface area contributed by atoms with Crippen molar-refractivity contribution in [3.05, 3.63) is 95.1 Å². The summed E-state index contributed by atoms with van der Waals surface area (Å²) in [4.78, 5) is 72.3. The highest BCUT2D eigenvalue weighted by Crippen LogP contribution is 2.29. The molecule has 1 aliphatic rings. The van der Waals surface area contributed by atoms with Gasteiger partial charge in [0.15, 0.2) is 0 Å². The number of nitrogens with two attached hydrogens (primary N) is 1. The number of anilines is 3. The van der Waals surface area contributed by atoms with Crippen molar-refractivity contribution < 1.29 is 29.1 Å². The highest BCUT2D eigenvalue weighted by atomic mass is 32.1. The van der Waals surface area contributed by atoms with E-state index >= 15 is 0 Å². The average Bonchev–Trinajstić information content (AvgIpc) is 3.81. The van der Waals surface area contributed by atoms with E-state index in [0.29, 0.717) is 41.9 Å².